The van der Waals surface area contributed by atoms with Crippen molar-refractivity contribution < 1.29 is 0 Å². The fraction of sp³-hybridized carbons (Fsp3) is 0.286. The van der Waals surface area contributed by atoms with E-state index in [4.69, 9.17) is 0 Å². The first kappa shape index (κ1) is 14.7. The average molecular weight is 433 g/mol. The standard InChI is InChI=1S/C14H14BrIN2O/c1-14(2,3)11-10(16)13(19)18-12(17-11)8-5-4-6-9(15)7-8/h4-7H,1-3H3,(H,17,18,19). The highest BCUT2D eigenvalue weighted by Crippen LogP contribution is 2.26. The Morgan fingerprint density at radius 1 is 1.32 bits per heavy atom. The van der Waals surface area contributed by atoms with E-state index in [1.54, 1.807) is 0 Å². The van der Waals surface area contributed by atoms with Crippen molar-refractivity contribution in [1.29, 1.82) is 0 Å². The van der Waals surface area contributed by atoms with Crippen molar-refractivity contribution >= 4 is 38.5 Å². The lowest BCUT2D eigenvalue weighted by molar-refractivity contribution is 0.562. The number of aromatic amines is 1. The van der Waals surface area contributed by atoms with Gasteiger partial charge in [0.1, 0.15) is 9.39 Å². The molecule has 1 heterocycles. The summed E-state index contributed by atoms with van der Waals surface area (Å²) in [6.45, 7) is 6.17. The van der Waals surface area contributed by atoms with Crippen molar-refractivity contribution in [2.75, 3.05) is 0 Å². The molecule has 1 N–H and O–H groups in total. The van der Waals surface area contributed by atoms with Crippen LogP contribution in [0.25, 0.3) is 11.4 Å². The molecular weight excluding hydrogens is 419 g/mol. The summed E-state index contributed by atoms with van der Waals surface area (Å²) in [5.41, 5.74) is 1.47. The van der Waals surface area contributed by atoms with Gasteiger partial charge in [-0.25, -0.2) is 4.98 Å². The molecule has 0 bridgehead atoms. The van der Waals surface area contributed by atoms with E-state index < -0.39 is 0 Å². The van der Waals surface area contributed by atoms with Crippen LogP contribution in [0.4, 0.5) is 0 Å². The van der Waals surface area contributed by atoms with Crippen molar-refractivity contribution in [3.05, 3.63) is 48.4 Å². The minimum absolute atomic E-state index is 0.0875. The Morgan fingerprint density at radius 3 is 2.58 bits per heavy atom. The van der Waals surface area contributed by atoms with Gasteiger partial charge in [0.25, 0.3) is 5.56 Å². The lowest BCUT2D eigenvalue weighted by Gasteiger charge is -2.19. The summed E-state index contributed by atoms with van der Waals surface area (Å²) in [6, 6.07) is 7.74. The van der Waals surface area contributed by atoms with Gasteiger partial charge in [-0.2, -0.15) is 0 Å². The van der Waals surface area contributed by atoms with E-state index in [0.717, 1.165) is 15.7 Å². The van der Waals surface area contributed by atoms with Crippen LogP contribution in [0.2, 0.25) is 0 Å². The van der Waals surface area contributed by atoms with Crippen LogP contribution >= 0.6 is 38.5 Å². The number of aromatic nitrogens is 2. The first-order valence-corrected chi connectivity index (χ1v) is 7.72. The highest BCUT2D eigenvalue weighted by molar-refractivity contribution is 14.1. The minimum Gasteiger partial charge on any atom is -0.306 e. The van der Waals surface area contributed by atoms with Crippen molar-refractivity contribution in [2.24, 2.45) is 0 Å². The topological polar surface area (TPSA) is 45.8 Å². The molecule has 0 spiro atoms. The predicted molar refractivity (Wildman–Crippen MR) is 89.4 cm³/mol. The largest absolute Gasteiger partial charge is 0.306 e. The highest BCUT2D eigenvalue weighted by Gasteiger charge is 2.22. The van der Waals surface area contributed by atoms with Crippen LogP contribution in [0, 0.1) is 3.57 Å². The van der Waals surface area contributed by atoms with E-state index in [9.17, 15) is 4.79 Å². The normalized spacial score (nSPS) is 11.6. The number of halogens is 2. The van der Waals surface area contributed by atoms with Crippen molar-refractivity contribution in [1.82, 2.24) is 9.97 Å². The zero-order valence-electron chi connectivity index (χ0n) is 10.9. The summed E-state index contributed by atoms with van der Waals surface area (Å²) >= 11 is 5.49. The molecule has 100 valence electrons. The molecule has 19 heavy (non-hydrogen) atoms. The molecule has 0 saturated heterocycles. The van der Waals surface area contributed by atoms with Crippen LogP contribution in [0.1, 0.15) is 26.5 Å². The first-order valence-electron chi connectivity index (χ1n) is 5.85. The van der Waals surface area contributed by atoms with Gasteiger partial charge in [0, 0.05) is 15.5 Å². The van der Waals surface area contributed by atoms with Gasteiger partial charge in [-0.3, -0.25) is 4.79 Å². The summed E-state index contributed by atoms with van der Waals surface area (Å²) in [5.74, 6) is 0.608. The molecule has 0 amide bonds. The van der Waals surface area contributed by atoms with Crippen LogP contribution in [0.15, 0.2) is 33.5 Å². The number of rotatable bonds is 1. The molecule has 0 aliphatic heterocycles. The summed E-state index contributed by atoms with van der Waals surface area (Å²) in [6.07, 6.45) is 0. The van der Waals surface area contributed by atoms with Gasteiger partial charge < -0.3 is 4.98 Å². The molecule has 2 rings (SSSR count). The summed E-state index contributed by atoms with van der Waals surface area (Å²) in [4.78, 5) is 19.5. The molecule has 1 aromatic heterocycles. The van der Waals surface area contributed by atoms with E-state index in [0.29, 0.717) is 9.39 Å². The van der Waals surface area contributed by atoms with Crippen molar-refractivity contribution in [3.63, 3.8) is 0 Å². The Kier molecular flexibility index (Phi) is 4.15. The maximum atomic E-state index is 12.1. The van der Waals surface area contributed by atoms with Gasteiger partial charge >= 0.3 is 0 Å². The van der Waals surface area contributed by atoms with Crippen LogP contribution in [0.5, 0.6) is 0 Å². The maximum absolute atomic E-state index is 12.1. The van der Waals surface area contributed by atoms with E-state index in [2.05, 4.69) is 69.3 Å². The third-order valence-electron chi connectivity index (χ3n) is 2.67. The third kappa shape index (κ3) is 3.25. The molecular formula is C14H14BrIN2O. The second kappa shape index (κ2) is 5.36. The predicted octanol–water partition coefficient (Wildman–Crippen LogP) is 4.10. The summed E-state index contributed by atoms with van der Waals surface area (Å²) in [7, 11) is 0. The van der Waals surface area contributed by atoms with Crippen LogP contribution in [-0.2, 0) is 5.41 Å². The number of hydrogen-bond donors (Lipinski definition) is 1. The fourth-order valence-corrected chi connectivity index (χ4v) is 3.19. The maximum Gasteiger partial charge on any atom is 0.264 e. The summed E-state index contributed by atoms with van der Waals surface area (Å²) < 4.78 is 1.62. The molecule has 5 heteroatoms. The Hall–Kier alpha value is -0.690. The number of nitrogens with zero attached hydrogens (tertiary/aromatic N) is 1. The SMILES string of the molecule is CC(C)(C)c1nc(-c2cccc(Br)c2)[nH]c(=O)c1I. The molecule has 2 aromatic rings. The summed E-state index contributed by atoms with van der Waals surface area (Å²) in [5, 5.41) is 0. The van der Waals surface area contributed by atoms with E-state index in [1.165, 1.54) is 0 Å². The zero-order chi connectivity index (χ0) is 14.2. The van der Waals surface area contributed by atoms with E-state index >= 15 is 0 Å². The van der Waals surface area contributed by atoms with Gasteiger partial charge in [0.15, 0.2) is 0 Å². The number of benzene rings is 1. The quantitative estimate of drug-likeness (QED) is 0.689. The average Bonchev–Trinajstić information content (AvgIpc) is 2.31. The van der Waals surface area contributed by atoms with Crippen molar-refractivity contribution in [3.8, 4) is 11.4 Å². The Labute approximate surface area is 134 Å². The molecule has 0 radical (unpaired) electrons. The van der Waals surface area contributed by atoms with Gasteiger partial charge in [-0.05, 0) is 34.7 Å². The van der Waals surface area contributed by atoms with Crippen molar-refractivity contribution in [2.45, 2.75) is 26.2 Å². The zero-order valence-corrected chi connectivity index (χ0v) is 14.7. The van der Waals surface area contributed by atoms with E-state index in [-0.39, 0.29) is 11.0 Å². The lowest BCUT2D eigenvalue weighted by Crippen LogP contribution is -2.24. The molecule has 3 nitrogen and oxygen atoms in total. The lowest BCUT2D eigenvalue weighted by atomic mass is 9.92. The van der Waals surface area contributed by atoms with Gasteiger partial charge in [-0.15, -0.1) is 0 Å². The minimum atomic E-state index is -0.161. The second-order valence-corrected chi connectivity index (χ2v) is 7.33. The number of H-pyrrole nitrogens is 1. The smallest absolute Gasteiger partial charge is 0.264 e. The molecule has 0 saturated carbocycles. The molecule has 0 atom stereocenters. The van der Waals surface area contributed by atoms with E-state index in [1.807, 2.05) is 24.3 Å². The second-order valence-electron chi connectivity index (χ2n) is 5.34. The Bertz CT molecular complexity index is 674. The number of hydrogen-bond acceptors (Lipinski definition) is 2. The van der Waals surface area contributed by atoms with Gasteiger partial charge in [-0.1, -0.05) is 48.8 Å². The molecule has 1 aromatic carbocycles. The molecule has 0 unspecified atom stereocenters. The van der Waals surface area contributed by atoms with Crippen LogP contribution in [0.3, 0.4) is 0 Å². The molecule has 0 aliphatic carbocycles. The Balaban J connectivity index is 2.67. The third-order valence-corrected chi connectivity index (χ3v) is 4.17. The van der Waals surface area contributed by atoms with Crippen LogP contribution in [-0.4, -0.2) is 9.97 Å². The monoisotopic (exact) mass is 432 g/mol. The Morgan fingerprint density at radius 2 is 2.00 bits per heavy atom. The highest BCUT2D eigenvalue weighted by atomic mass is 127. The fourth-order valence-electron chi connectivity index (χ4n) is 1.73. The van der Waals surface area contributed by atoms with Gasteiger partial charge in [0.2, 0.25) is 0 Å². The first-order chi connectivity index (χ1) is 8.79. The van der Waals surface area contributed by atoms with Gasteiger partial charge in [0.05, 0.1) is 5.69 Å². The molecule has 0 fully saturated rings. The molecule has 0 aliphatic rings. The number of nitrogens with one attached hydrogen (secondary N) is 1. The van der Waals surface area contributed by atoms with Crippen LogP contribution < -0.4 is 5.56 Å².